The Morgan fingerprint density at radius 3 is 2.88 bits per heavy atom. The molecule has 1 saturated heterocycles. The van der Waals surface area contributed by atoms with Gasteiger partial charge in [0.15, 0.2) is 5.79 Å². The SMILES string of the molecule is Cc1nc([N+](=O)[O-])cn1C[C@H]1COC(C)(C)O1. The average molecular weight is 241 g/mol. The van der Waals surface area contributed by atoms with E-state index in [2.05, 4.69) is 4.98 Å². The third kappa shape index (κ3) is 2.62. The van der Waals surface area contributed by atoms with Gasteiger partial charge in [-0.3, -0.25) is 0 Å². The molecular weight excluding hydrogens is 226 g/mol. The lowest BCUT2D eigenvalue weighted by Gasteiger charge is -2.17. The summed E-state index contributed by atoms with van der Waals surface area (Å²) < 4.78 is 12.8. The second kappa shape index (κ2) is 4.08. The van der Waals surface area contributed by atoms with Crippen LogP contribution in [0.25, 0.3) is 0 Å². The zero-order valence-corrected chi connectivity index (χ0v) is 10.0. The molecule has 94 valence electrons. The van der Waals surface area contributed by atoms with Crippen molar-refractivity contribution in [3.05, 3.63) is 22.1 Å². The molecule has 7 heteroatoms. The van der Waals surface area contributed by atoms with E-state index in [1.165, 1.54) is 6.20 Å². The standard InChI is InChI=1S/C10H15N3O4/c1-7-11-9(13(14)15)5-12(7)4-8-6-16-10(2,3)17-8/h5,8H,4,6H2,1-3H3/t8-/m0/s1. The van der Waals surface area contributed by atoms with Gasteiger partial charge in [0.25, 0.3) is 0 Å². The fourth-order valence-corrected chi connectivity index (χ4v) is 1.84. The van der Waals surface area contributed by atoms with Gasteiger partial charge in [-0.05, 0) is 23.8 Å². The summed E-state index contributed by atoms with van der Waals surface area (Å²) in [6.45, 7) is 6.41. The lowest BCUT2D eigenvalue weighted by Crippen LogP contribution is -2.24. The maximum absolute atomic E-state index is 10.6. The molecule has 0 aliphatic carbocycles. The van der Waals surface area contributed by atoms with Gasteiger partial charge in [-0.25, -0.2) is 0 Å². The molecular formula is C10H15N3O4. The number of hydrogen-bond donors (Lipinski definition) is 0. The summed E-state index contributed by atoms with van der Waals surface area (Å²) in [7, 11) is 0. The summed E-state index contributed by atoms with van der Waals surface area (Å²) in [6, 6.07) is 0. The van der Waals surface area contributed by atoms with Crippen molar-refractivity contribution in [3.8, 4) is 0 Å². The first kappa shape index (κ1) is 12.0. The van der Waals surface area contributed by atoms with Crippen LogP contribution in [0.15, 0.2) is 6.20 Å². The van der Waals surface area contributed by atoms with E-state index in [9.17, 15) is 10.1 Å². The highest BCUT2D eigenvalue weighted by atomic mass is 16.7. The van der Waals surface area contributed by atoms with E-state index in [0.29, 0.717) is 19.0 Å². The van der Waals surface area contributed by atoms with Crippen LogP contribution in [0.3, 0.4) is 0 Å². The zero-order chi connectivity index (χ0) is 12.6. The Morgan fingerprint density at radius 2 is 2.41 bits per heavy atom. The maximum atomic E-state index is 10.6. The van der Waals surface area contributed by atoms with Gasteiger partial charge in [0.2, 0.25) is 5.82 Å². The van der Waals surface area contributed by atoms with Crippen LogP contribution in [0.5, 0.6) is 0 Å². The highest BCUT2D eigenvalue weighted by Crippen LogP contribution is 2.24. The molecule has 0 radical (unpaired) electrons. The Morgan fingerprint density at radius 1 is 1.71 bits per heavy atom. The highest BCUT2D eigenvalue weighted by Gasteiger charge is 2.33. The molecule has 0 unspecified atom stereocenters. The lowest BCUT2D eigenvalue weighted by molar-refractivity contribution is -0.389. The molecule has 2 heterocycles. The third-order valence-electron chi connectivity index (χ3n) is 2.62. The van der Waals surface area contributed by atoms with Gasteiger partial charge in [0.05, 0.1) is 13.2 Å². The number of hydrogen-bond acceptors (Lipinski definition) is 5. The van der Waals surface area contributed by atoms with Crippen molar-refractivity contribution in [1.82, 2.24) is 9.55 Å². The molecule has 1 atom stereocenters. The van der Waals surface area contributed by atoms with Crippen LogP contribution in [0.4, 0.5) is 5.82 Å². The first-order valence-electron chi connectivity index (χ1n) is 5.37. The van der Waals surface area contributed by atoms with Crippen molar-refractivity contribution in [3.63, 3.8) is 0 Å². The molecule has 0 N–H and O–H groups in total. The maximum Gasteiger partial charge on any atom is 0.381 e. The van der Waals surface area contributed by atoms with E-state index < -0.39 is 10.7 Å². The summed E-state index contributed by atoms with van der Waals surface area (Å²) in [5.41, 5.74) is 0. The lowest BCUT2D eigenvalue weighted by atomic mass is 10.3. The molecule has 0 spiro atoms. The van der Waals surface area contributed by atoms with Gasteiger partial charge < -0.3 is 24.2 Å². The Bertz CT molecular complexity index is 441. The fourth-order valence-electron chi connectivity index (χ4n) is 1.84. The Labute approximate surface area is 98.5 Å². The summed E-state index contributed by atoms with van der Waals surface area (Å²) in [5, 5.41) is 10.6. The Kier molecular flexibility index (Phi) is 2.88. The Hall–Kier alpha value is -1.47. The fraction of sp³-hybridized carbons (Fsp3) is 0.700. The molecule has 0 amide bonds. The number of ether oxygens (including phenoxy) is 2. The van der Waals surface area contributed by atoms with Crippen LogP contribution in [0.1, 0.15) is 19.7 Å². The van der Waals surface area contributed by atoms with E-state index in [-0.39, 0.29) is 11.9 Å². The summed E-state index contributed by atoms with van der Waals surface area (Å²) in [5.74, 6) is -0.115. The summed E-state index contributed by atoms with van der Waals surface area (Å²) in [6.07, 6.45) is 1.32. The normalized spacial score (nSPS) is 22.9. The second-order valence-electron chi connectivity index (χ2n) is 4.51. The monoisotopic (exact) mass is 241 g/mol. The van der Waals surface area contributed by atoms with Crippen molar-refractivity contribution in [2.45, 2.75) is 39.2 Å². The molecule has 1 aliphatic heterocycles. The molecule has 7 nitrogen and oxygen atoms in total. The van der Waals surface area contributed by atoms with Crippen LogP contribution in [0, 0.1) is 17.0 Å². The third-order valence-corrected chi connectivity index (χ3v) is 2.62. The van der Waals surface area contributed by atoms with Gasteiger partial charge >= 0.3 is 5.82 Å². The number of nitrogens with zero attached hydrogens (tertiary/aromatic N) is 3. The summed E-state index contributed by atoms with van der Waals surface area (Å²) >= 11 is 0. The zero-order valence-electron chi connectivity index (χ0n) is 10.0. The number of rotatable bonds is 3. The molecule has 1 aliphatic rings. The highest BCUT2D eigenvalue weighted by molar-refractivity contribution is 5.16. The molecule has 2 rings (SSSR count). The van der Waals surface area contributed by atoms with Crippen LogP contribution >= 0.6 is 0 Å². The minimum absolute atomic E-state index is 0.0995. The molecule has 0 bridgehead atoms. The minimum Gasteiger partial charge on any atom is -0.358 e. The van der Waals surface area contributed by atoms with Crippen LogP contribution < -0.4 is 0 Å². The molecule has 1 aromatic heterocycles. The number of aryl methyl sites for hydroxylation is 1. The second-order valence-corrected chi connectivity index (χ2v) is 4.51. The van der Waals surface area contributed by atoms with Crippen molar-refractivity contribution < 1.29 is 14.4 Å². The van der Waals surface area contributed by atoms with Gasteiger partial charge in [0, 0.05) is 6.92 Å². The van der Waals surface area contributed by atoms with E-state index in [4.69, 9.17) is 9.47 Å². The van der Waals surface area contributed by atoms with Crippen LogP contribution in [-0.2, 0) is 16.0 Å². The molecule has 1 aromatic rings. The van der Waals surface area contributed by atoms with Crippen LogP contribution in [-0.4, -0.2) is 33.0 Å². The first-order chi connectivity index (χ1) is 7.87. The predicted octanol–water partition coefficient (Wildman–Crippen LogP) is 1.25. The Balaban J connectivity index is 2.07. The first-order valence-corrected chi connectivity index (χ1v) is 5.37. The van der Waals surface area contributed by atoms with Crippen molar-refractivity contribution in [2.75, 3.05) is 6.61 Å². The van der Waals surface area contributed by atoms with E-state index in [1.807, 2.05) is 13.8 Å². The quantitative estimate of drug-likeness (QED) is 0.587. The van der Waals surface area contributed by atoms with E-state index in [1.54, 1.807) is 11.5 Å². The van der Waals surface area contributed by atoms with Crippen LogP contribution in [0.2, 0.25) is 0 Å². The molecule has 17 heavy (non-hydrogen) atoms. The van der Waals surface area contributed by atoms with Gasteiger partial charge in [0.1, 0.15) is 12.3 Å². The smallest absolute Gasteiger partial charge is 0.358 e. The largest absolute Gasteiger partial charge is 0.381 e. The van der Waals surface area contributed by atoms with E-state index >= 15 is 0 Å². The number of imidazole rings is 1. The minimum atomic E-state index is -0.578. The number of nitro groups is 1. The molecule has 1 fully saturated rings. The van der Waals surface area contributed by atoms with Crippen molar-refractivity contribution >= 4 is 5.82 Å². The van der Waals surface area contributed by atoms with Gasteiger partial charge in [-0.2, -0.15) is 0 Å². The average Bonchev–Trinajstić information content (AvgIpc) is 2.72. The summed E-state index contributed by atoms with van der Waals surface area (Å²) in [4.78, 5) is 13.9. The van der Waals surface area contributed by atoms with Gasteiger partial charge in [-0.15, -0.1) is 0 Å². The molecule has 0 aromatic carbocycles. The topological polar surface area (TPSA) is 79.4 Å². The predicted molar refractivity (Wildman–Crippen MR) is 58.5 cm³/mol. The van der Waals surface area contributed by atoms with Gasteiger partial charge in [-0.1, -0.05) is 0 Å². The number of aromatic nitrogens is 2. The van der Waals surface area contributed by atoms with Crippen molar-refractivity contribution in [2.24, 2.45) is 0 Å². The molecule has 0 saturated carbocycles. The van der Waals surface area contributed by atoms with Crippen molar-refractivity contribution in [1.29, 1.82) is 0 Å². The van der Waals surface area contributed by atoms with E-state index in [0.717, 1.165) is 0 Å².